The van der Waals surface area contributed by atoms with E-state index in [4.69, 9.17) is 4.98 Å². The maximum Gasteiger partial charge on any atom is 0.145 e. The fraction of sp³-hybridized carbons (Fsp3) is 0. The van der Waals surface area contributed by atoms with Gasteiger partial charge in [-0.1, -0.05) is 115 Å². The fourth-order valence-corrected chi connectivity index (χ4v) is 5.09. The summed E-state index contributed by atoms with van der Waals surface area (Å²) in [7, 11) is 0. The molecular formula is C35H24N2. The van der Waals surface area contributed by atoms with E-state index in [0.717, 1.165) is 28.1 Å². The maximum absolute atomic E-state index is 4.99. The predicted octanol–water partition coefficient (Wildman–Crippen LogP) is 9.18. The Morgan fingerprint density at radius 1 is 0.405 bits per heavy atom. The average Bonchev–Trinajstić information content (AvgIpc) is 3.37. The van der Waals surface area contributed by atoms with Crippen LogP contribution in [0.5, 0.6) is 0 Å². The van der Waals surface area contributed by atoms with E-state index >= 15 is 0 Å². The molecule has 0 saturated heterocycles. The van der Waals surface area contributed by atoms with Crippen molar-refractivity contribution in [2.75, 3.05) is 0 Å². The third-order valence-corrected chi connectivity index (χ3v) is 7.02. The lowest BCUT2D eigenvalue weighted by Crippen LogP contribution is -1.97. The number of imidazole rings is 1. The van der Waals surface area contributed by atoms with Gasteiger partial charge in [0.25, 0.3) is 0 Å². The predicted molar refractivity (Wildman–Crippen MR) is 155 cm³/mol. The van der Waals surface area contributed by atoms with Crippen molar-refractivity contribution in [3.05, 3.63) is 146 Å². The Labute approximate surface area is 216 Å². The van der Waals surface area contributed by atoms with Gasteiger partial charge in [-0.3, -0.25) is 4.57 Å². The lowest BCUT2D eigenvalue weighted by molar-refractivity contribution is 1.10. The van der Waals surface area contributed by atoms with E-state index in [9.17, 15) is 0 Å². The smallest absolute Gasteiger partial charge is 0.145 e. The van der Waals surface area contributed by atoms with Crippen molar-refractivity contribution in [2.45, 2.75) is 0 Å². The summed E-state index contributed by atoms with van der Waals surface area (Å²) in [6, 6.07) is 51.5. The van der Waals surface area contributed by atoms with Crippen molar-refractivity contribution in [3.8, 4) is 39.3 Å². The Morgan fingerprint density at radius 2 is 0.946 bits per heavy atom. The zero-order valence-corrected chi connectivity index (χ0v) is 20.3. The van der Waals surface area contributed by atoms with Crippen molar-refractivity contribution in [1.82, 2.24) is 9.55 Å². The van der Waals surface area contributed by atoms with Crippen LogP contribution >= 0.6 is 0 Å². The van der Waals surface area contributed by atoms with E-state index in [2.05, 4.69) is 138 Å². The number of para-hydroxylation sites is 3. The largest absolute Gasteiger partial charge is 0.292 e. The molecule has 0 fully saturated rings. The molecule has 1 heterocycles. The number of nitrogens with zero attached hydrogens (tertiary/aromatic N) is 2. The Morgan fingerprint density at radius 3 is 1.68 bits per heavy atom. The van der Waals surface area contributed by atoms with E-state index in [1.54, 1.807) is 0 Å². The number of rotatable bonds is 4. The van der Waals surface area contributed by atoms with Gasteiger partial charge in [-0.25, -0.2) is 4.98 Å². The van der Waals surface area contributed by atoms with Gasteiger partial charge in [-0.05, 0) is 63.4 Å². The van der Waals surface area contributed by atoms with Crippen LogP contribution < -0.4 is 0 Å². The van der Waals surface area contributed by atoms with Crippen molar-refractivity contribution < 1.29 is 0 Å². The first-order valence-electron chi connectivity index (χ1n) is 12.6. The van der Waals surface area contributed by atoms with Gasteiger partial charge in [0.2, 0.25) is 0 Å². The highest BCUT2D eigenvalue weighted by atomic mass is 15.1. The zero-order chi connectivity index (χ0) is 24.6. The van der Waals surface area contributed by atoms with Crippen molar-refractivity contribution >= 4 is 21.8 Å². The van der Waals surface area contributed by atoms with Crippen LogP contribution in [-0.2, 0) is 0 Å². The number of hydrogen-bond donors (Lipinski definition) is 0. The first-order chi connectivity index (χ1) is 18.3. The first-order valence-corrected chi connectivity index (χ1v) is 12.6. The van der Waals surface area contributed by atoms with Crippen LogP contribution in [0.2, 0.25) is 0 Å². The van der Waals surface area contributed by atoms with Gasteiger partial charge in [0.15, 0.2) is 0 Å². The second-order valence-corrected chi connectivity index (χ2v) is 9.31. The minimum absolute atomic E-state index is 0.950. The van der Waals surface area contributed by atoms with Gasteiger partial charge >= 0.3 is 0 Å². The van der Waals surface area contributed by atoms with Gasteiger partial charge in [0.05, 0.1) is 11.0 Å². The number of hydrogen-bond acceptors (Lipinski definition) is 1. The van der Waals surface area contributed by atoms with Crippen LogP contribution in [0.25, 0.3) is 61.1 Å². The van der Waals surface area contributed by atoms with E-state index < -0.39 is 0 Å². The molecule has 174 valence electrons. The molecule has 2 nitrogen and oxygen atoms in total. The van der Waals surface area contributed by atoms with Crippen LogP contribution in [0.3, 0.4) is 0 Å². The van der Waals surface area contributed by atoms with Crippen molar-refractivity contribution in [3.63, 3.8) is 0 Å². The molecule has 0 aliphatic carbocycles. The molecule has 0 saturated carbocycles. The van der Waals surface area contributed by atoms with Gasteiger partial charge in [0, 0.05) is 11.3 Å². The van der Waals surface area contributed by atoms with E-state index in [0.29, 0.717) is 0 Å². The van der Waals surface area contributed by atoms with Crippen molar-refractivity contribution in [1.29, 1.82) is 0 Å². The third-order valence-electron chi connectivity index (χ3n) is 7.02. The highest BCUT2D eigenvalue weighted by molar-refractivity contribution is 5.88. The van der Waals surface area contributed by atoms with E-state index in [1.807, 2.05) is 12.1 Å². The van der Waals surface area contributed by atoms with Gasteiger partial charge in [-0.2, -0.15) is 0 Å². The molecule has 37 heavy (non-hydrogen) atoms. The Kier molecular flexibility index (Phi) is 5.15. The summed E-state index contributed by atoms with van der Waals surface area (Å²) in [6.07, 6.45) is 0. The minimum atomic E-state index is 0.950. The summed E-state index contributed by atoms with van der Waals surface area (Å²) in [5.74, 6) is 0.950. The number of aromatic nitrogens is 2. The van der Waals surface area contributed by atoms with Gasteiger partial charge in [0.1, 0.15) is 5.82 Å². The second kappa shape index (κ2) is 8.92. The Balaban J connectivity index is 1.22. The summed E-state index contributed by atoms with van der Waals surface area (Å²) >= 11 is 0. The maximum atomic E-state index is 4.99. The Bertz CT molecular complexity index is 1840. The molecule has 2 heteroatoms. The third kappa shape index (κ3) is 3.89. The average molecular weight is 473 g/mol. The topological polar surface area (TPSA) is 17.8 Å². The van der Waals surface area contributed by atoms with E-state index in [1.165, 1.54) is 33.0 Å². The molecule has 0 amide bonds. The highest BCUT2D eigenvalue weighted by Crippen LogP contribution is 2.31. The van der Waals surface area contributed by atoms with Crippen LogP contribution in [0, 0.1) is 0 Å². The molecule has 0 spiro atoms. The molecule has 6 aromatic carbocycles. The van der Waals surface area contributed by atoms with Crippen molar-refractivity contribution in [2.24, 2.45) is 0 Å². The quantitative estimate of drug-likeness (QED) is 0.250. The highest BCUT2D eigenvalue weighted by Gasteiger charge is 2.14. The normalized spacial score (nSPS) is 11.2. The summed E-state index contributed by atoms with van der Waals surface area (Å²) in [5.41, 5.74) is 9.16. The Hall–Kier alpha value is -4.95. The van der Waals surface area contributed by atoms with Gasteiger partial charge in [-0.15, -0.1) is 0 Å². The van der Waals surface area contributed by atoms with Crippen LogP contribution in [0.15, 0.2) is 146 Å². The molecule has 7 aromatic rings. The van der Waals surface area contributed by atoms with E-state index in [-0.39, 0.29) is 0 Å². The molecule has 0 aliphatic heterocycles. The summed E-state index contributed by atoms with van der Waals surface area (Å²) in [5, 5.41) is 2.53. The van der Waals surface area contributed by atoms with Crippen LogP contribution in [0.1, 0.15) is 0 Å². The minimum Gasteiger partial charge on any atom is -0.292 e. The molecule has 0 bridgehead atoms. The molecular weight excluding hydrogens is 448 g/mol. The molecule has 0 aliphatic rings. The summed E-state index contributed by atoms with van der Waals surface area (Å²) < 4.78 is 2.24. The molecule has 7 rings (SSSR count). The summed E-state index contributed by atoms with van der Waals surface area (Å²) in [6.45, 7) is 0. The first kappa shape index (κ1) is 21.3. The molecule has 0 unspecified atom stereocenters. The lowest BCUT2D eigenvalue weighted by Gasteiger charge is -2.10. The lowest BCUT2D eigenvalue weighted by atomic mass is 9.98. The van der Waals surface area contributed by atoms with Crippen LogP contribution in [-0.4, -0.2) is 9.55 Å². The van der Waals surface area contributed by atoms with Crippen LogP contribution in [0.4, 0.5) is 0 Å². The molecule has 1 aromatic heterocycles. The molecule has 0 atom stereocenters. The zero-order valence-electron chi connectivity index (χ0n) is 20.3. The summed E-state index contributed by atoms with van der Waals surface area (Å²) in [4.78, 5) is 4.99. The standard InChI is InChI=1S/C35H24N2/c1-2-10-32(11-3-1)37-34-13-7-6-12-33(34)36-35(37)29-21-18-27(19-22-29)26-14-16-28(17-15-26)31-23-20-25-8-4-5-9-30(25)24-31/h1-24H. The second-order valence-electron chi connectivity index (χ2n) is 9.31. The monoisotopic (exact) mass is 472 g/mol. The fourth-order valence-electron chi connectivity index (χ4n) is 5.09. The SMILES string of the molecule is c1ccc(-n2c(-c3ccc(-c4ccc(-c5ccc6ccccc6c5)cc4)cc3)nc3ccccc32)cc1. The molecule has 0 N–H and O–H groups in total. The number of fused-ring (bicyclic) bond motifs is 2. The van der Waals surface area contributed by atoms with Gasteiger partial charge < -0.3 is 0 Å². The number of benzene rings is 6. The molecule has 0 radical (unpaired) electrons.